The Hall–Kier alpha value is -1.59. The number of ether oxygens (including phenoxy) is 1. The molecule has 0 aromatic heterocycles. The molecule has 0 unspecified atom stereocenters. The molecule has 1 saturated carbocycles. The molecule has 0 aliphatic heterocycles. The average molecular weight is 244 g/mol. The summed E-state index contributed by atoms with van der Waals surface area (Å²) in [5.41, 5.74) is 0. The second kappa shape index (κ2) is 6.22. The van der Waals surface area contributed by atoms with E-state index >= 15 is 0 Å². The molecule has 6 heteroatoms. The van der Waals surface area contributed by atoms with E-state index in [-0.39, 0.29) is 24.9 Å². The van der Waals surface area contributed by atoms with Crippen LogP contribution in [0.15, 0.2) is 0 Å². The van der Waals surface area contributed by atoms with Gasteiger partial charge in [-0.1, -0.05) is 0 Å². The summed E-state index contributed by atoms with van der Waals surface area (Å²) in [6, 6.07) is 0. The molecular formula is C11H16O6. The molecule has 0 bridgehead atoms. The summed E-state index contributed by atoms with van der Waals surface area (Å²) in [6.45, 7) is 0. The zero-order chi connectivity index (χ0) is 12.8. The zero-order valence-corrected chi connectivity index (χ0v) is 9.42. The molecular weight excluding hydrogens is 228 g/mol. The molecule has 2 N–H and O–H groups in total. The van der Waals surface area contributed by atoms with Gasteiger partial charge in [0.05, 0.1) is 18.8 Å². The minimum atomic E-state index is -1.03. The topological polar surface area (TPSA) is 101 Å². The predicted molar refractivity (Wildman–Crippen MR) is 56.3 cm³/mol. The maximum Gasteiger partial charge on any atom is 0.306 e. The predicted octanol–water partition coefficient (Wildman–Crippen LogP) is 1.04. The van der Waals surface area contributed by atoms with Crippen LogP contribution < -0.4 is 0 Å². The Bertz CT molecular complexity index is 303. The maximum atomic E-state index is 11.2. The monoisotopic (exact) mass is 244 g/mol. The standard InChI is InChI=1S/C11H16O6/c12-9(13)5-6-10(14)17-8-3-1-7(2-4-8)11(15)16/h7-8H,1-6H2,(H,12,13)(H,15,16). The fraction of sp³-hybridized carbons (Fsp3) is 0.727. The van der Waals surface area contributed by atoms with Crippen molar-refractivity contribution in [1.29, 1.82) is 0 Å². The third-order valence-corrected chi connectivity index (χ3v) is 2.86. The SMILES string of the molecule is O=C(O)CCC(=O)OC1CCC(C(=O)O)CC1. The summed E-state index contributed by atoms with van der Waals surface area (Å²) in [6.07, 6.45) is 1.47. The highest BCUT2D eigenvalue weighted by Crippen LogP contribution is 2.26. The molecule has 6 nitrogen and oxygen atoms in total. The number of carbonyl (C=O) groups excluding carboxylic acids is 1. The first-order chi connectivity index (χ1) is 7.99. The lowest BCUT2D eigenvalue weighted by molar-refractivity contribution is -0.154. The van der Waals surface area contributed by atoms with Gasteiger partial charge in [0.2, 0.25) is 0 Å². The number of carbonyl (C=O) groups is 3. The molecule has 0 aromatic carbocycles. The average Bonchev–Trinajstić information content (AvgIpc) is 2.27. The highest BCUT2D eigenvalue weighted by atomic mass is 16.5. The minimum Gasteiger partial charge on any atom is -0.481 e. The van der Waals surface area contributed by atoms with E-state index in [2.05, 4.69) is 0 Å². The minimum absolute atomic E-state index is 0.131. The number of hydrogen-bond acceptors (Lipinski definition) is 4. The molecule has 0 heterocycles. The van der Waals surface area contributed by atoms with Gasteiger partial charge in [0, 0.05) is 0 Å². The Balaban J connectivity index is 2.23. The van der Waals surface area contributed by atoms with Crippen molar-refractivity contribution in [2.75, 3.05) is 0 Å². The number of aliphatic carboxylic acids is 2. The summed E-state index contributed by atoms with van der Waals surface area (Å²) < 4.78 is 5.07. The summed E-state index contributed by atoms with van der Waals surface area (Å²) in [5, 5.41) is 17.2. The van der Waals surface area contributed by atoms with Gasteiger partial charge in [-0.05, 0) is 25.7 Å². The lowest BCUT2D eigenvalue weighted by atomic mass is 9.87. The molecule has 0 saturated heterocycles. The van der Waals surface area contributed by atoms with Crippen LogP contribution in [0.4, 0.5) is 0 Å². The van der Waals surface area contributed by atoms with E-state index in [1.807, 2.05) is 0 Å². The molecule has 0 spiro atoms. The van der Waals surface area contributed by atoms with Crippen molar-refractivity contribution in [3.8, 4) is 0 Å². The van der Waals surface area contributed by atoms with Gasteiger partial charge in [0.25, 0.3) is 0 Å². The van der Waals surface area contributed by atoms with Crippen molar-refractivity contribution < 1.29 is 29.3 Å². The Labute approximate surface area is 98.6 Å². The highest BCUT2D eigenvalue weighted by molar-refractivity contribution is 5.76. The van der Waals surface area contributed by atoms with Crippen LogP contribution in [0.3, 0.4) is 0 Å². The highest BCUT2D eigenvalue weighted by Gasteiger charge is 2.27. The molecule has 0 atom stereocenters. The number of carboxylic acids is 2. The van der Waals surface area contributed by atoms with Crippen molar-refractivity contribution in [3.05, 3.63) is 0 Å². The van der Waals surface area contributed by atoms with Crippen LogP contribution in [0, 0.1) is 5.92 Å². The van der Waals surface area contributed by atoms with E-state index in [4.69, 9.17) is 14.9 Å². The van der Waals surface area contributed by atoms with E-state index in [1.165, 1.54) is 0 Å². The van der Waals surface area contributed by atoms with Crippen LogP contribution in [-0.4, -0.2) is 34.2 Å². The Morgan fingerprint density at radius 3 is 2.06 bits per heavy atom. The fourth-order valence-corrected chi connectivity index (χ4v) is 1.88. The van der Waals surface area contributed by atoms with E-state index in [0.29, 0.717) is 25.7 Å². The van der Waals surface area contributed by atoms with Gasteiger partial charge in [0.15, 0.2) is 0 Å². The Morgan fingerprint density at radius 2 is 1.59 bits per heavy atom. The molecule has 1 fully saturated rings. The van der Waals surface area contributed by atoms with Crippen LogP contribution in [-0.2, 0) is 19.1 Å². The summed E-state index contributed by atoms with van der Waals surface area (Å²) in [5.74, 6) is -2.70. The van der Waals surface area contributed by atoms with E-state index in [9.17, 15) is 14.4 Å². The van der Waals surface area contributed by atoms with Crippen molar-refractivity contribution in [1.82, 2.24) is 0 Å². The van der Waals surface area contributed by atoms with Gasteiger partial charge in [0.1, 0.15) is 6.10 Å². The Kier molecular flexibility index (Phi) is 4.93. The number of carboxylic acid groups (broad SMARTS) is 2. The summed E-state index contributed by atoms with van der Waals surface area (Å²) in [4.78, 5) is 32.2. The third-order valence-electron chi connectivity index (χ3n) is 2.86. The maximum absolute atomic E-state index is 11.2. The first-order valence-corrected chi connectivity index (χ1v) is 5.63. The van der Waals surface area contributed by atoms with Crippen LogP contribution in [0.5, 0.6) is 0 Å². The van der Waals surface area contributed by atoms with E-state index in [0.717, 1.165) is 0 Å². The first kappa shape index (κ1) is 13.5. The third kappa shape index (κ3) is 4.84. The quantitative estimate of drug-likeness (QED) is 0.700. The lowest BCUT2D eigenvalue weighted by Crippen LogP contribution is -2.27. The summed E-state index contributed by atoms with van der Waals surface area (Å²) >= 11 is 0. The van der Waals surface area contributed by atoms with Gasteiger partial charge in [-0.25, -0.2) is 0 Å². The Morgan fingerprint density at radius 1 is 1.00 bits per heavy atom. The second-order valence-corrected chi connectivity index (χ2v) is 4.20. The van der Waals surface area contributed by atoms with Crippen LogP contribution in [0.25, 0.3) is 0 Å². The molecule has 1 aliphatic rings. The van der Waals surface area contributed by atoms with Crippen LogP contribution in [0.2, 0.25) is 0 Å². The molecule has 1 rings (SSSR count). The number of rotatable bonds is 5. The smallest absolute Gasteiger partial charge is 0.306 e. The van der Waals surface area contributed by atoms with Crippen molar-refractivity contribution >= 4 is 17.9 Å². The molecule has 0 radical (unpaired) electrons. The van der Waals surface area contributed by atoms with Gasteiger partial charge < -0.3 is 14.9 Å². The molecule has 17 heavy (non-hydrogen) atoms. The lowest BCUT2D eigenvalue weighted by Gasteiger charge is -2.25. The van der Waals surface area contributed by atoms with E-state index < -0.39 is 17.9 Å². The second-order valence-electron chi connectivity index (χ2n) is 4.20. The summed E-state index contributed by atoms with van der Waals surface area (Å²) in [7, 11) is 0. The zero-order valence-electron chi connectivity index (χ0n) is 9.42. The van der Waals surface area contributed by atoms with Crippen molar-refractivity contribution in [3.63, 3.8) is 0 Å². The largest absolute Gasteiger partial charge is 0.481 e. The first-order valence-electron chi connectivity index (χ1n) is 5.63. The fourth-order valence-electron chi connectivity index (χ4n) is 1.88. The van der Waals surface area contributed by atoms with Crippen LogP contribution in [0.1, 0.15) is 38.5 Å². The van der Waals surface area contributed by atoms with Gasteiger partial charge in [-0.15, -0.1) is 0 Å². The number of hydrogen-bond donors (Lipinski definition) is 2. The van der Waals surface area contributed by atoms with Gasteiger partial charge >= 0.3 is 17.9 Å². The van der Waals surface area contributed by atoms with Crippen molar-refractivity contribution in [2.45, 2.75) is 44.6 Å². The molecule has 1 aliphatic carbocycles. The molecule has 0 amide bonds. The van der Waals surface area contributed by atoms with Gasteiger partial charge in [-0.2, -0.15) is 0 Å². The van der Waals surface area contributed by atoms with Crippen LogP contribution >= 0.6 is 0 Å². The number of esters is 1. The normalized spacial score (nSPS) is 24.0. The molecule has 0 aromatic rings. The van der Waals surface area contributed by atoms with E-state index in [1.54, 1.807) is 0 Å². The van der Waals surface area contributed by atoms with Gasteiger partial charge in [-0.3, -0.25) is 14.4 Å². The molecule has 96 valence electrons. The van der Waals surface area contributed by atoms with Crippen molar-refractivity contribution in [2.24, 2.45) is 5.92 Å².